The molecule has 4 nitrogen and oxygen atoms in total. The molecule has 0 saturated carbocycles. The van der Waals surface area contributed by atoms with E-state index in [1.54, 1.807) is 13.3 Å². The van der Waals surface area contributed by atoms with Crippen molar-refractivity contribution in [1.29, 1.82) is 0 Å². The third-order valence-corrected chi connectivity index (χ3v) is 2.38. The van der Waals surface area contributed by atoms with Crippen LogP contribution in [-0.4, -0.2) is 26.3 Å². The first-order valence-electron chi connectivity index (χ1n) is 5.99. The number of hydrogen-bond acceptors (Lipinski definition) is 2. The molecule has 0 spiro atoms. The van der Waals surface area contributed by atoms with Crippen LogP contribution in [0.1, 0.15) is 17.5 Å². The highest BCUT2D eigenvalue weighted by molar-refractivity contribution is 5.75. The number of carbonyl (C=O) groups is 1. The highest BCUT2D eigenvalue weighted by atomic mass is 16.5. The minimum atomic E-state index is -0.200. The van der Waals surface area contributed by atoms with Crippen LogP contribution in [-0.2, 0) is 4.74 Å². The number of hydrogen-bond donors (Lipinski definition) is 2. The monoisotopic (exact) mass is 248 g/mol. The summed E-state index contributed by atoms with van der Waals surface area (Å²) in [7, 11) is 1.64. The fourth-order valence-corrected chi connectivity index (χ4v) is 1.36. The van der Waals surface area contributed by atoms with E-state index in [0.29, 0.717) is 13.2 Å². The number of ether oxygens (including phenoxy) is 1. The van der Waals surface area contributed by atoms with Gasteiger partial charge in [0.05, 0.1) is 0 Å². The second kappa shape index (κ2) is 8.31. The summed E-state index contributed by atoms with van der Waals surface area (Å²) in [5.41, 5.74) is 2.27. The van der Waals surface area contributed by atoms with Crippen LogP contribution in [0.3, 0.4) is 0 Å². The molecule has 0 aliphatic rings. The maximum atomic E-state index is 11.3. The molecule has 2 amide bonds. The number of urea groups is 1. The van der Waals surface area contributed by atoms with Crippen LogP contribution in [0.5, 0.6) is 0 Å². The van der Waals surface area contributed by atoms with Crippen LogP contribution in [0.4, 0.5) is 4.79 Å². The van der Waals surface area contributed by atoms with Gasteiger partial charge in [-0.15, -0.1) is 0 Å². The fourth-order valence-electron chi connectivity index (χ4n) is 1.36. The van der Waals surface area contributed by atoms with Gasteiger partial charge in [0, 0.05) is 26.5 Å². The van der Waals surface area contributed by atoms with E-state index in [1.807, 2.05) is 37.3 Å². The number of rotatable bonds is 6. The Labute approximate surface area is 108 Å². The van der Waals surface area contributed by atoms with Crippen LogP contribution < -0.4 is 10.6 Å². The number of benzene rings is 1. The van der Waals surface area contributed by atoms with Gasteiger partial charge in [0.2, 0.25) is 0 Å². The predicted octanol–water partition coefficient (Wildman–Crippen LogP) is 2.30. The maximum absolute atomic E-state index is 11.3. The Kier molecular flexibility index (Phi) is 6.58. The first-order chi connectivity index (χ1) is 8.72. The summed E-state index contributed by atoms with van der Waals surface area (Å²) in [6.45, 7) is 3.30. The predicted molar refractivity (Wildman–Crippen MR) is 73.2 cm³/mol. The molecule has 0 unspecified atom stereocenters. The molecule has 4 heteroatoms. The van der Waals surface area contributed by atoms with Crippen molar-refractivity contribution in [3.8, 4) is 0 Å². The molecule has 2 N–H and O–H groups in total. The molecule has 1 rings (SSSR count). The van der Waals surface area contributed by atoms with Gasteiger partial charge in [-0.3, -0.25) is 0 Å². The van der Waals surface area contributed by atoms with Crippen molar-refractivity contribution >= 4 is 12.1 Å². The summed E-state index contributed by atoms with van der Waals surface area (Å²) in [4.78, 5) is 11.3. The Bertz CT molecular complexity index is 385. The Morgan fingerprint density at radius 2 is 2.06 bits per heavy atom. The third kappa shape index (κ3) is 6.06. The van der Waals surface area contributed by atoms with Crippen LogP contribution in [0, 0.1) is 6.92 Å². The molecular formula is C14H20N2O2. The Hall–Kier alpha value is -1.81. The molecule has 0 aliphatic carbocycles. The van der Waals surface area contributed by atoms with Crippen molar-refractivity contribution in [1.82, 2.24) is 10.6 Å². The van der Waals surface area contributed by atoms with Gasteiger partial charge in [0.15, 0.2) is 0 Å². The van der Waals surface area contributed by atoms with Gasteiger partial charge < -0.3 is 15.4 Å². The van der Waals surface area contributed by atoms with Crippen LogP contribution in [0.2, 0.25) is 0 Å². The van der Waals surface area contributed by atoms with Gasteiger partial charge in [0.25, 0.3) is 0 Å². The number of methoxy groups -OCH3 is 1. The molecule has 0 atom stereocenters. The zero-order valence-corrected chi connectivity index (χ0v) is 10.9. The summed E-state index contributed by atoms with van der Waals surface area (Å²) >= 11 is 0. The highest BCUT2D eigenvalue weighted by Gasteiger charge is 1.95. The van der Waals surface area contributed by atoms with Crippen molar-refractivity contribution in [2.75, 3.05) is 20.3 Å². The molecule has 0 aliphatic heterocycles. The third-order valence-electron chi connectivity index (χ3n) is 2.38. The Balaban J connectivity index is 2.23. The number of carbonyl (C=O) groups excluding carboxylic acids is 1. The smallest absolute Gasteiger partial charge is 0.318 e. The number of aryl methyl sites for hydroxylation is 1. The maximum Gasteiger partial charge on any atom is 0.318 e. The standard InChI is InChI=1S/C14H20N2O2/c1-12-4-6-13(7-5-12)8-10-16-14(17)15-9-3-11-18-2/h4-8,10H,3,9,11H2,1-2H3,(H2,15,16,17)/b10-8+. The zero-order chi connectivity index (χ0) is 13.2. The summed E-state index contributed by atoms with van der Waals surface area (Å²) in [6, 6.07) is 7.87. The van der Waals surface area contributed by atoms with Gasteiger partial charge >= 0.3 is 6.03 Å². The van der Waals surface area contributed by atoms with E-state index in [0.717, 1.165) is 12.0 Å². The van der Waals surface area contributed by atoms with Crippen molar-refractivity contribution < 1.29 is 9.53 Å². The van der Waals surface area contributed by atoms with E-state index in [2.05, 4.69) is 10.6 Å². The molecule has 0 radical (unpaired) electrons. The van der Waals surface area contributed by atoms with Crippen molar-refractivity contribution in [2.24, 2.45) is 0 Å². The topological polar surface area (TPSA) is 50.4 Å². The van der Waals surface area contributed by atoms with Gasteiger partial charge in [-0.05, 0) is 25.0 Å². The van der Waals surface area contributed by atoms with Crippen molar-refractivity contribution in [2.45, 2.75) is 13.3 Å². The second-order valence-electron chi connectivity index (χ2n) is 3.99. The van der Waals surface area contributed by atoms with Gasteiger partial charge in [-0.1, -0.05) is 29.8 Å². The molecule has 1 aromatic carbocycles. The summed E-state index contributed by atoms with van der Waals surface area (Å²) in [5, 5.41) is 5.38. The van der Waals surface area contributed by atoms with E-state index in [9.17, 15) is 4.79 Å². The fraction of sp³-hybridized carbons (Fsp3) is 0.357. The first kappa shape index (κ1) is 14.3. The van der Waals surface area contributed by atoms with E-state index in [-0.39, 0.29) is 6.03 Å². The van der Waals surface area contributed by atoms with Crippen LogP contribution in [0.25, 0.3) is 6.08 Å². The van der Waals surface area contributed by atoms with E-state index in [1.165, 1.54) is 5.56 Å². The average Bonchev–Trinajstić information content (AvgIpc) is 2.37. The summed E-state index contributed by atoms with van der Waals surface area (Å²) < 4.78 is 4.89. The molecule has 0 aromatic heterocycles. The lowest BCUT2D eigenvalue weighted by molar-refractivity contribution is 0.193. The molecular weight excluding hydrogens is 228 g/mol. The van der Waals surface area contributed by atoms with E-state index in [4.69, 9.17) is 4.74 Å². The van der Waals surface area contributed by atoms with Crippen molar-refractivity contribution in [3.05, 3.63) is 41.6 Å². The molecule has 0 fully saturated rings. The van der Waals surface area contributed by atoms with Gasteiger partial charge in [-0.2, -0.15) is 0 Å². The van der Waals surface area contributed by atoms with Gasteiger partial charge in [0.1, 0.15) is 0 Å². The molecule has 0 heterocycles. The SMILES string of the molecule is COCCCNC(=O)N/C=C/c1ccc(C)cc1. The Morgan fingerprint density at radius 1 is 1.33 bits per heavy atom. The molecule has 18 heavy (non-hydrogen) atoms. The number of nitrogens with one attached hydrogen (secondary N) is 2. The van der Waals surface area contributed by atoms with Crippen LogP contribution >= 0.6 is 0 Å². The zero-order valence-electron chi connectivity index (χ0n) is 10.9. The van der Waals surface area contributed by atoms with Crippen LogP contribution in [0.15, 0.2) is 30.5 Å². The lowest BCUT2D eigenvalue weighted by Crippen LogP contribution is -2.33. The lowest BCUT2D eigenvalue weighted by Gasteiger charge is -2.03. The normalized spacial score (nSPS) is 10.6. The molecule has 0 bridgehead atoms. The largest absolute Gasteiger partial charge is 0.385 e. The summed E-state index contributed by atoms with van der Waals surface area (Å²) in [5.74, 6) is 0. The minimum absolute atomic E-state index is 0.200. The van der Waals surface area contributed by atoms with Crippen molar-refractivity contribution in [3.63, 3.8) is 0 Å². The average molecular weight is 248 g/mol. The van der Waals surface area contributed by atoms with E-state index >= 15 is 0 Å². The minimum Gasteiger partial charge on any atom is -0.385 e. The quantitative estimate of drug-likeness (QED) is 0.759. The molecule has 0 saturated heterocycles. The Morgan fingerprint density at radius 3 is 2.72 bits per heavy atom. The molecule has 1 aromatic rings. The van der Waals surface area contributed by atoms with E-state index < -0.39 is 0 Å². The summed E-state index contributed by atoms with van der Waals surface area (Å²) in [6.07, 6.45) is 4.30. The second-order valence-corrected chi connectivity index (χ2v) is 3.99. The van der Waals surface area contributed by atoms with Gasteiger partial charge in [-0.25, -0.2) is 4.79 Å². The number of amides is 2. The first-order valence-corrected chi connectivity index (χ1v) is 5.99. The molecule has 98 valence electrons. The lowest BCUT2D eigenvalue weighted by atomic mass is 10.1. The highest BCUT2D eigenvalue weighted by Crippen LogP contribution is 2.03.